The first-order chi connectivity index (χ1) is 17.5. The fraction of sp³-hybridized carbons (Fsp3) is 0.0800. The molecule has 8 nitrogen and oxygen atoms in total. The second-order valence-corrected chi connectivity index (χ2v) is 11.4. The molecule has 0 heterocycles. The van der Waals surface area contributed by atoms with E-state index in [4.69, 9.17) is 34.8 Å². The lowest BCUT2D eigenvalue weighted by atomic mass is 10.0. The van der Waals surface area contributed by atoms with Crippen LogP contribution in [0.1, 0.15) is 10.4 Å². The number of carbonyl (C=O) groups excluding carboxylic acids is 1. The van der Waals surface area contributed by atoms with Gasteiger partial charge in [0.2, 0.25) is 10.0 Å². The van der Waals surface area contributed by atoms with Gasteiger partial charge < -0.3 is 10.4 Å². The van der Waals surface area contributed by atoms with Crippen LogP contribution in [-0.2, 0) is 10.0 Å². The Kier molecular flexibility index (Phi) is 7.72. The van der Waals surface area contributed by atoms with E-state index in [9.17, 15) is 18.3 Å². The van der Waals surface area contributed by atoms with Crippen molar-refractivity contribution >= 4 is 78.6 Å². The Morgan fingerprint density at radius 3 is 2.27 bits per heavy atom. The van der Waals surface area contributed by atoms with E-state index >= 15 is 0 Å². The maximum Gasteiger partial charge on any atom is 0.259 e. The lowest BCUT2D eigenvalue weighted by Crippen LogP contribution is -2.22. The van der Waals surface area contributed by atoms with E-state index in [1.54, 1.807) is 54.6 Å². The number of nitrogens with one attached hydrogen (secondary N) is 1. The third kappa shape index (κ3) is 5.56. The van der Waals surface area contributed by atoms with Crippen LogP contribution < -0.4 is 5.32 Å². The standard InChI is InChI=1S/C25H19Cl3N4O4S/c1-32(2)37(35,36)22-13-19(27)21(12-20(22)28)30-31-23-17-6-4-3-5-14(17)11-18(24(23)33)25(34)29-16-9-7-15(26)8-10-16/h3-13,33H,1-2H3,(H,29,34). The van der Waals surface area contributed by atoms with Crippen LogP contribution >= 0.6 is 34.8 Å². The number of amides is 1. The van der Waals surface area contributed by atoms with Crippen molar-refractivity contribution in [3.05, 3.63) is 87.4 Å². The van der Waals surface area contributed by atoms with Gasteiger partial charge in [0, 0.05) is 30.2 Å². The molecule has 4 rings (SSSR count). The van der Waals surface area contributed by atoms with Crippen LogP contribution in [0, 0.1) is 0 Å². The summed E-state index contributed by atoms with van der Waals surface area (Å²) in [6.45, 7) is 0. The summed E-state index contributed by atoms with van der Waals surface area (Å²) in [4.78, 5) is 12.8. The fourth-order valence-corrected chi connectivity index (χ4v) is 5.22. The molecule has 2 N–H and O–H groups in total. The molecule has 0 saturated carbocycles. The highest BCUT2D eigenvalue weighted by atomic mass is 35.5. The molecule has 0 aliphatic rings. The van der Waals surface area contributed by atoms with Crippen LogP contribution in [0.5, 0.6) is 5.75 Å². The number of hydrogen-bond donors (Lipinski definition) is 2. The smallest absolute Gasteiger partial charge is 0.259 e. The number of phenolic OH excluding ortho intramolecular Hbond substituents is 1. The van der Waals surface area contributed by atoms with Crippen LogP contribution in [0.3, 0.4) is 0 Å². The third-order valence-corrected chi connectivity index (χ3v) is 8.19. The number of azo groups is 1. The first-order valence-electron chi connectivity index (χ1n) is 10.6. The van der Waals surface area contributed by atoms with Gasteiger partial charge in [-0.2, -0.15) is 0 Å². The highest BCUT2D eigenvalue weighted by molar-refractivity contribution is 7.89. The quantitative estimate of drug-likeness (QED) is 0.232. The lowest BCUT2D eigenvalue weighted by Gasteiger charge is -2.13. The summed E-state index contributed by atoms with van der Waals surface area (Å²) in [6.07, 6.45) is 0. The molecule has 0 atom stereocenters. The van der Waals surface area contributed by atoms with E-state index < -0.39 is 21.7 Å². The minimum absolute atomic E-state index is 0.0194. The number of nitrogens with zero attached hydrogens (tertiary/aromatic N) is 3. The Labute approximate surface area is 228 Å². The van der Waals surface area contributed by atoms with Gasteiger partial charge in [0.15, 0.2) is 5.75 Å². The van der Waals surface area contributed by atoms with Crippen molar-refractivity contribution in [3.63, 3.8) is 0 Å². The average molecular weight is 578 g/mol. The number of hydrogen-bond acceptors (Lipinski definition) is 6. The topological polar surface area (TPSA) is 111 Å². The zero-order chi connectivity index (χ0) is 26.9. The summed E-state index contributed by atoms with van der Waals surface area (Å²) >= 11 is 18.4. The molecule has 4 aromatic rings. The molecule has 0 spiro atoms. The number of fused-ring (bicyclic) bond motifs is 1. The zero-order valence-electron chi connectivity index (χ0n) is 19.4. The number of aromatic hydroxyl groups is 1. The predicted molar refractivity (Wildman–Crippen MR) is 147 cm³/mol. The summed E-state index contributed by atoms with van der Waals surface area (Å²) in [5.74, 6) is -0.968. The van der Waals surface area contributed by atoms with E-state index in [2.05, 4.69) is 15.5 Å². The number of halogens is 3. The first-order valence-corrected chi connectivity index (χ1v) is 13.2. The highest BCUT2D eigenvalue weighted by Gasteiger charge is 2.23. The van der Waals surface area contributed by atoms with Crippen molar-refractivity contribution < 1.29 is 18.3 Å². The average Bonchev–Trinajstić information content (AvgIpc) is 2.86. The van der Waals surface area contributed by atoms with Gasteiger partial charge in [-0.25, -0.2) is 12.7 Å². The molecular formula is C25H19Cl3N4O4S. The first kappa shape index (κ1) is 26.8. The highest BCUT2D eigenvalue weighted by Crippen LogP contribution is 2.41. The number of sulfonamides is 1. The van der Waals surface area contributed by atoms with E-state index in [1.807, 2.05) is 0 Å². The molecule has 0 bridgehead atoms. The van der Waals surface area contributed by atoms with Crippen molar-refractivity contribution in [1.82, 2.24) is 4.31 Å². The molecule has 0 fully saturated rings. The molecule has 37 heavy (non-hydrogen) atoms. The van der Waals surface area contributed by atoms with Crippen molar-refractivity contribution in [2.45, 2.75) is 4.90 Å². The number of carbonyl (C=O) groups is 1. The minimum atomic E-state index is -3.84. The van der Waals surface area contributed by atoms with Crippen molar-refractivity contribution in [2.24, 2.45) is 10.2 Å². The number of anilines is 1. The summed E-state index contributed by atoms with van der Waals surface area (Å²) in [7, 11) is -1.10. The summed E-state index contributed by atoms with van der Waals surface area (Å²) < 4.78 is 26.0. The van der Waals surface area contributed by atoms with Crippen molar-refractivity contribution in [3.8, 4) is 5.75 Å². The number of rotatable bonds is 6. The van der Waals surface area contributed by atoms with Crippen LogP contribution in [0.4, 0.5) is 17.1 Å². The van der Waals surface area contributed by atoms with Gasteiger partial charge in [0.1, 0.15) is 16.3 Å². The van der Waals surface area contributed by atoms with Gasteiger partial charge in [-0.3, -0.25) is 4.79 Å². The molecular weight excluding hydrogens is 559 g/mol. The molecule has 0 aliphatic carbocycles. The second kappa shape index (κ2) is 10.6. The molecule has 0 unspecified atom stereocenters. The molecule has 12 heteroatoms. The lowest BCUT2D eigenvalue weighted by molar-refractivity contribution is 0.102. The van der Waals surface area contributed by atoms with Crippen molar-refractivity contribution in [1.29, 1.82) is 0 Å². The van der Waals surface area contributed by atoms with Gasteiger partial charge in [0.05, 0.1) is 15.6 Å². The third-order valence-electron chi connectivity index (χ3n) is 5.36. The van der Waals surface area contributed by atoms with Crippen LogP contribution in [0.15, 0.2) is 81.9 Å². The zero-order valence-corrected chi connectivity index (χ0v) is 22.5. The summed E-state index contributed by atoms with van der Waals surface area (Å²) in [5.41, 5.74) is 0.555. The van der Waals surface area contributed by atoms with E-state index in [1.165, 1.54) is 26.2 Å². The Morgan fingerprint density at radius 1 is 0.919 bits per heavy atom. The Morgan fingerprint density at radius 2 is 1.59 bits per heavy atom. The molecule has 0 radical (unpaired) electrons. The molecule has 4 aromatic carbocycles. The van der Waals surface area contributed by atoms with Gasteiger partial charge in [-0.15, -0.1) is 10.2 Å². The minimum Gasteiger partial charge on any atom is -0.505 e. The Balaban J connectivity index is 1.77. The number of phenols is 1. The molecule has 1 amide bonds. The van der Waals surface area contributed by atoms with Crippen molar-refractivity contribution in [2.75, 3.05) is 19.4 Å². The monoisotopic (exact) mass is 576 g/mol. The molecule has 190 valence electrons. The Bertz CT molecular complexity index is 1660. The van der Waals surface area contributed by atoms with Gasteiger partial charge in [0.25, 0.3) is 5.91 Å². The van der Waals surface area contributed by atoms with Gasteiger partial charge >= 0.3 is 0 Å². The molecule has 0 aromatic heterocycles. The second-order valence-electron chi connectivity index (χ2n) is 8.02. The fourth-order valence-electron chi connectivity index (χ4n) is 3.42. The van der Waals surface area contributed by atoms with Crippen LogP contribution in [0.2, 0.25) is 15.1 Å². The summed E-state index contributed by atoms with van der Waals surface area (Å²) in [5, 5.41) is 23.6. The molecule has 0 saturated heterocycles. The Hall–Kier alpha value is -3.21. The van der Waals surface area contributed by atoms with Gasteiger partial charge in [-0.1, -0.05) is 59.1 Å². The van der Waals surface area contributed by atoms with Crippen LogP contribution in [-0.4, -0.2) is 37.8 Å². The maximum atomic E-state index is 13.0. The van der Waals surface area contributed by atoms with E-state index in [0.29, 0.717) is 21.5 Å². The summed E-state index contributed by atoms with van der Waals surface area (Å²) in [6, 6.07) is 17.5. The number of benzene rings is 4. The van der Waals surface area contributed by atoms with E-state index in [0.717, 1.165) is 4.31 Å². The predicted octanol–water partition coefficient (Wildman–Crippen LogP) is 7.42. The normalized spacial score (nSPS) is 11.9. The molecule has 0 aliphatic heterocycles. The maximum absolute atomic E-state index is 13.0. The van der Waals surface area contributed by atoms with Gasteiger partial charge in [-0.05, 0) is 47.9 Å². The van der Waals surface area contributed by atoms with Crippen LogP contribution in [0.25, 0.3) is 10.8 Å². The van der Waals surface area contributed by atoms with E-state index in [-0.39, 0.29) is 31.9 Å². The largest absolute Gasteiger partial charge is 0.505 e. The SMILES string of the molecule is CN(C)S(=O)(=O)c1cc(Cl)c(N=Nc2c(O)c(C(=O)Nc3ccc(Cl)cc3)cc3ccccc23)cc1Cl.